The van der Waals surface area contributed by atoms with Crippen LogP contribution in [0.3, 0.4) is 0 Å². The van der Waals surface area contributed by atoms with Crippen LogP contribution in [0.15, 0.2) is 231 Å². The van der Waals surface area contributed by atoms with Gasteiger partial charge in [-0.05, 0) is 115 Å². The van der Waals surface area contributed by atoms with E-state index in [1.807, 2.05) is 0 Å². The molecular weight excluding hydrogens is 675 g/mol. The highest BCUT2D eigenvalue weighted by molar-refractivity contribution is 5.85. The van der Waals surface area contributed by atoms with E-state index in [4.69, 9.17) is 0 Å². The van der Waals surface area contributed by atoms with Gasteiger partial charge in [-0.3, -0.25) is 0 Å². The molecule has 0 heterocycles. The smallest absolute Gasteiger partial charge is 0.0462 e. The van der Waals surface area contributed by atoms with E-state index in [2.05, 4.69) is 235 Å². The lowest BCUT2D eigenvalue weighted by Crippen LogP contribution is -2.09. The Hall–Kier alpha value is -7.22. The predicted octanol–water partition coefficient (Wildman–Crippen LogP) is 15.0. The normalized spacial score (nSPS) is 12.8. The quantitative estimate of drug-likeness (QED) is 0.152. The number of fused-ring (bicyclic) bond motifs is 3. The minimum Gasteiger partial charge on any atom is -0.311 e. The van der Waals surface area contributed by atoms with Gasteiger partial charge in [0, 0.05) is 23.0 Å². The SMILES string of the molecule is c1ccc(-c2ccc(N(c3ccc(-c4ccccc4)cc3)c3ccc(-c4ccc(C5c6ccccc6-c6cc(-c7ccccc7)ccc65)cc4)cc3)cc2)cc1. The van der Waals surface area contributed by atoms with Gasteiger partial charge in [-0.1, -0.05) is 188 Å². The van der Waals surface area contributed by atoms with Crippen LogP contribution in [0.4, 0.5) is 17.1 Å². The lowest BCUT2D eigenvalue weighted by atomic mass is 9.88. The Labute approximate surface area is 329 Å². The fraction of sp³-hybridized carbons (Fsp3) is 0.0182. The second kappa shape index (κ2) is 14.5. The summed E-state index contributed by atoms with van der Waals surface area (Å²) < 4.78 is 0. The van der Waals surface area contributed by atoms with Gasteiger partial charge in [-0.25, -0.2) is 0 Å². The summed E-state index contributed by atoms with van der Waals surface area (Å²) in [5.41, 5.74) is 19.8. The molecule has 0 amide bonds. The number of hydrogen-bond donors (Lipinski definition) is 0. The fourth-order valence-corrected chi connectivity index (χ4v) is 8.36. The van der Waals surface area contributed by atoms with E-state index in [-0.39, 0.29) is 5.92 Å². The van der Waals surface area contributed by atoms with Crippen LogP contribution in [0.2, 0.25) is 0 Å². The van der Waals surface area contributed by atoms with Gasteiger partial charge in [0.15, 0.2) is 0 Å². The molecule has 0 saturated carbocycles. The van der Waals surface area contributed by atoms with Crippen LogP contribution in [0.1, 0.15) is 22.6 Å². The minimum absolute atomic E-state index is 0.206. The summed E-state index contributed by atoms with van der Waals surface area (Å²) in [5.74, 6) is 0.206. The topological polar surface area (TPSA) is 3.24 Å². The maximum Gasteiger partial charge on any atom is 0.0462 e. The van der Waals surface area contributed by atoms with Crippen LogP contribution < -0.4 is 4.90 Å². The second-order valence-electron chi connectivity index (χ2n) is 14.5. The minimum atomic E-state index is 0.206. The van der Waals surface area contributed by atoms with Crippen molar-refractivity contribution in [2.75, 3.05) is 4.90 Å². The van der Waals surface area contributed by atoms with E-state index in [9.17, 15) is 0 Å². The van der Waals surface area contributed by atoms with Crippen molar-refractivity contribution in [1.29, 1.82) is 0 Å². The summed E-state index contributed by atoms with van der Waals surface area (Å²) in [6.07, 6.45) is 0. The molecule has 1 unspecified atom stereocenters. The molecule has 0 fully saturated rings. The molecule has 0 saturated heterocycles. The van der Waals surface area contributed by atoms with Gasteiger partial charge in [-0.2, -0.15) is 0 Å². The lowest BCUT2D eigenvalue weighted by Gasteiger charge is -2.26. The van der Waals surface area contributed by atoms with Crippen molar-refractivity contribution < 1.29 is 0 Å². The molecule has 1 aliphatic rings. The first kappa shape index (κ1) is 33.4. The highest BCUT2D eigenvalue weighted by atomic mass is 15.1. The van der Waals surface area contributed by atoms with E-state index in [0.717, 1.165) is 17.1 Å². The van der Waals surface area contributed by atoms with Gasteiger partial charge in [0.2, 0.25) is 0 Å². The van der Waals surface area contributed by atoms with E-state index in [0.29, 0.717) is 0 Å². The molecule has 1 heteroatoms. The maximum atomic E-state index is 2.37. The largest absolute Gasteiger partial charge is 0.311 e. The van der Waals surface area contributed by atoms with E-state index < -0.39 is 0 Å². The molecule has 1 nitrogen and oxygen atoms in total. The van der Waals surface area contributed by atoms with Gasteiger partial charge in [-0.15, -0.1) is 0 Å². The summed E-state index contributed by atoms with van der Waals surface area (Å²) in [7, 11) is 0. The van der Waals surface area contributed by atoms with Gasteiger partial charge in [0.25, 0.3) is 0 Å². The molecule has 1 aliphatic carbocycles. The molecular formula is C55H39N. The Morgan fingerprint density at radius 3 is 1.05 bits per heavy atom. The van der Waals surface area contributed by atoms with E-state index >= 15 is 0 Å². The van der Waals surface area contributed by atoms with E-state index in [1.165, 1.54) is 72.3 Å². The molecule has 0 bridgehead atoms. The average Bonchev–Trinajstić information content (AvgIpc) is 3.62. The van der Waals surface area contributed by atoms with Crippen molar-refractivity contribution in [3.05, 3.63) is 247 Å². The third-order valence-corrected chi connectivity index (χ3v) is 11.2. The zero-order chi connectivity index (χ0) is 37.3. The molecule has 1 atom stereocenters. The second-order valence-corrected chi connectivity index (χ2v) is 14.5. The number of benzene rings is 9. The molecule has 9 aromatic rings. The number of hydrogen-bond acceptors (Lipinski definition) is 1. The molecule has 0 N–H and O–H groups in total. The van der Waals surface area contributed by atoms with Gasteiger partial charge >= 0.3 is 0 Å². The van der Waals surface area contributed by atoms with Crippen LogP contribution in [0.5, 0.6) is 0 Å². The Morgan fingerprint density at radius 1 is 0.250 bits per heavy atom. The zero-order valence-electron chi connectivity index (χ0n) is 31.0. The number of rotatable bonds is 8. The van der Waals surface area contributed by atoms with Gasteiger partial charge in [0.1, 0.15) is 0 Å². The van der Waals surface area contributed by atoms with Crippen LogP contribution >= 0.6 is 0 Å². The molecule has 56 heavy (non-hydrogen) atoms. The van der Waals surface area contributed by atoms with Crippen LogP contribution in [-0.2, 0) is 0 Å². The Morgan fingerprint density at radius 2 is 0.589 bits per heavy atom. The highest BCUT2D eigenvalue weighted by Crippen LogP contribution is 2.49. The molecule has 0 aliphatic heterocycles. The summed E-state index contributed by atoms with van der Waals surface area (Å²) in [5, 5.41) is 0. The third-order valence-electron chi connectivity index (χ3n) is 11.2. The Kier molecular flexibility index (Phi) is 8.67. The number of nitrogens with zero attached hydrogens (tertiary/aromatic N) is 1. The zero-order valence-corrected chi connectivity index (χ0v) is 31.0. The Bertz CT molecular complexity index is 2650. The summed E-state index contributed by atoms with van der Waals surface area (Å²) >= 11 is 0. The maximum absolute atomic E-state index is 2.37. The van der Waals surface area contributed by atoms with Crippen LogP contribution in [0, 0.1) is 0 Å². The molecule has 0 spiro atoms. The third kappa shape index (κ3) is 6.30. The summed E-state index contributed by atoms with van der Waals surface area (Å²) in [6, 6.07) is 83.7. The lowest BCUT2D eigenvalue weighted by molar-refractivity contribution is 1.02. The van der Waals surface area contributed by atoms with Gasteiger partial charge < -0.3 is 4.90 Å². The molecule has 0 radical (unpaired) electrons. The first-order valence-corrected chi connectivity index (χ1v) is 19.4. The van der Waals surface area contributed by atoms with E-state index in [1.54, 1.807) is 0 Å². The molecule has 10 rings (SSSR count). The van der Waals surface area contributed by atoms with Crippen molar-refractivity contribution >= 4 is 17.1 Å². The van der Waals surface area contributed by atoms with Crippen molar-refractivity contribution in [2.24, 2.45) is 0 Å². The van der Waals surface area contributed by atoms with Crippen LogP contribution in [-0.4, -0.2) is 0 Å². The molecule has 9 aromatic carbocycles. The highest BCUT2D eigenvalue weighted by Gasteiger charge is 2.30. The average molecular weight is 714 g/mol. The summed E-state index contributed by atoms with van der Waals surface area (Å²) in [4.78, 5) is 2.34. The van der Waals surface area contributed by atoms with Crippen molar-refractivity contribution in [3.8, 4) is 55.6 Å². The molecule has 264 valence electrons. The first-order valence-electron chi connectivity index (χ1n) is 19.4. The number of anilines is 3. The fourth-order valence-electron chi connectivity index (χ4n) is 8.36. The molecule has 0 aromatic heterocycles. The summed E-state index contributed by atoms with van der Waals surface area (Å²) in [6.45, 7) is 0. The van der Waals surface area contributed by atoms with Crippen molar-refractivity contribution in [1.82, 2.24) is 0 Å². The standard InChI is InChI=1S/C55H39N/c1-4-12-39(13-5-1)43-24-31-48(32-25-43)56(49-33-26-44(27-34-49)40-14-6-2-7-15-40)50-35-28-45(29-36-50)42-20-22-46(23-21-42)55-52-19-11-10-18-51(52)54-38-47(30-37-53(54)55)41-16-8-3-9-17-41/h1-38,55H. The first-order chi connectivity index (χ1) is 27.8. The van der Waals surface area contributed by atoms with Crippen LogP contribution in [0.25, 0.3) is 55.6 Å². The monoisotopic (exact) mass is 713 g/mol. The van der Waals surface area contributed by atoms with Crippen molar-refractivity contribution in [3.63, 3.8) is 0 Å². The Balaban J connectivity index is 0.958. The van der Waals surface area contributed by atoms with Crippen molar-refractivity contribution in [2.45, 2.75) is 5.92 Å². The predicted molar refractivity (Wildman–Crippen MR) is 236 cm³/mol. The van der Waals surface area contributed by atoms with Gasteiger partial charge in [0.05, 0.1) is 0 Å².